The first-order chi connectivity index (χ1) is 8.15. The molecule has 4 nitrogen and oxygen atoms in total. The fraction of sp³-hybridized carbons (Fsp3) is 0.462. The minimum Gasteiger partial charge on any atom is -0.508 e. The van der Waals surface area contributed by atoms with Crippen molar-refractivity contribution in [2.45, 2.75) is 20.4 Å². The average Bonchev–Trinajstić information content (AvgIpc) is 2.31. The fourth-order valence-corrected chi connectivity index (χ4v) is 1.53. The number of hydrogen-bond acceptors (Lipinski definition) is 4. The highest BCUT2D eigenvalue weighted by atomic mass is 16.5. The highest BCUT2D eigenvalue weighted by Crippen LogP contribution is 2.11. The molecule has 1 N–H and O–H groups in total. The molecule has 0 heterocycles. The molecule has 1 aromatic carbocycles. The second-order valence-electron chi connectivity index (χ2n) is 3.77. The summed E-state index contributed by atoms with van der Waals surface area (Å²) in [6.07, 6.45) is 0. The second-order valence-corrected chi connectivity index (χ2v) is 3.77. The summed E-state index contributed by atoms with van der Waals surface area (Å²) in [7, 11) is 0. The van der Waals surface area contributed by atoms with Gasteiger partial charge < -0.3 is 9.84 Å². The van der Waals surface area contributed by atoms with Crippen LogP contribution in [0.3, 0.4) is 0 Å². The molecule has 17 heavy (non-hydrogen) atoms. The maximum absolute atomic E-state index is 11.4. The van der Waals surface area contributed by atoms with Gasteiger partial charge in [0, 0.05) is 6.54 Å². The third kappa shape index (κ3) is 4.87. The first-order valence-electron chi connectivity index (χ1n) is 5.81. The Kier molecular flexibility index (Phi) is 5.49. The highest BCUT2D eigenvalue weighted by molar-refractivity contribution is 5.71. The lowest BCUT2D eigenvalue weighted by Gasteiger charge is -2.19. The molecule has 0 radical (unpaired) electrons. The SMILES string of the molecule is CCOC(=O)CN(CC)Cc1ccc(O)cc1. The maximum Gasteiger partial charge on any atom is 0.320 e. The van der Waals surface area contributed by atoms with E-state index in [1.807, 2.05) is 24.0 Å². The van der Waals surface area contributed by atoms with Gasteiger partial charge in [-0.1, -0.05) is 19.1 Å². The van der Waals surface area contributed by atoms with E-state index in [1.165, 1.54) is 0 Å². The Labute approximate surface area is 102 Å². The molecule has 94 valence electrons. The van der Waals surface area contributed by atoms with Crippen LogP contribution < -0.4 is 0 Å². The van der Waals surface area contributed by atoms with Gasteiger partial charge in [0.1, 0.15) is 5.75 Å². The molecule has 0 spiro atoms. The molecule has 0 aliphatic heterocycles. The van der Waals surface area contributed by atoms with Crippen molar-refractivity contribution in [2.24, 2.45) is 0 Å². The molecule has 0 aromatic heterocycles. The van der Waals surface area contributed by atoms with Crippen LogP contribution in [0.5, 0.6) is 5.75 Å². The van der Waals surface area contributed by atoms with Crippen molar-refractivity contribution in [1.29, 1.82) is 0 Å². The van der Waals surface area contributed by atoms with Gasteiger partial charge in [0.25, 0.3) is 0 Å². The van der Waals surface area contributed by atoms with Crippen LogP contribution in [0.4, 0.5) is 0 Å². The predicted molar refractivity (Wildman–Crippen MR) is 65.7 cm³/mol. The smallest absolute Gasteiger partial charge is 0.320 e. The summed E-state index contributed by atoms with van der Waals surface area (Å²) in [5.41, 5.74) is 1.06. The monoisotopic (exact) mass is 237 g/mol. The first kappa shape index (κ1) is 13.5. The minimum atomic E-state index is -0.201. The van der Waals surface area contributed by atoms with Crippen molar-refractivity contribution < 1.29 is 14.6 Å². The molecule has 0 unspecified atom stereocenters. The zero-order chi connectivity index (χ0) is 12.7. The van der Waals surface area contributed by atoms with Gasteiger partial charge in [0.15, 0.2) is 0 Å². The van der Waals surface area contributed by atoms with Crippen molar-refractivity contribution >= 4 is 5.97 Å². The third-order valence-corrected chi connectivity index (χ3v) is 2.45. The summed E-state index contributed by atoms with van der Waals surface area (Å²) < 4.78 is 4.91. The van der Waals surface area contributed by atoms with E-state index in [2.05, 4.69) is 0 Å². The highest BCUT2D eigenvalue weighted by Gasteiger charge is 2.10. The van der Waals surface area contributed by atoms with Crippen molar-refractivity contribution in [3.63, 3.8) is 0 Å². The van der Waals surface area contributed by atoms with Crippen LogP contribution in [-0.2, 0) is 16.1 Å². The Morgan fingerprint density at radius 3 is 2.47 bits per heavy atom. The van der Waals surface area contributed by atoms with Crippen molar-refractivity contribution in [2.75, 3.05) is 19.7 Å². The number of hydrogen-bond donors (Lipinski definition) is 1. The Balaban J connectivity index is 2.51. The van der Waals surface area contributed by atoms with E-state index < -0.39 is 0 Å². The summed E-state index contributed by atoms with van der Waals surface area (Å²) in [6, 6.07) is 6.99. The van der Waals surface area contributed by atoms with Crippen LogP contribution in [0.2, 0.25) is 0 Å². The van der Waals surface area contributed by atoms with Crippen LogP contribution in [0.25, 0.3) is 0 Å². The van der Waals surface area contributed by atoms with Gasteiger partial charge in [-0.2, -0.15) is 0 Å². The van der Waals surface area contributed by atoms with Crippen LogP contribution in [0.15, 0.2) is 24.3 Å². The molecule has 0 bridgehead atoms. The van der Waals surface area contributed by atoms with Crippen molar-refractivity contribution in [3.8, 4) is 5.75 Å². The third-order valence-electron chi connectivity index (χ3n) is 2.45. The first-order valence-corrected chi connectivity index (χ1v) is 5.81. The Bertz CT molecular complexity index is 348. The number of aromatic hydroxyl groups is 1. The maximum atomic E-state index is 11.4. The van der Waals surface area contributed by atoms with Gasteiger partial charge in [-0.3, -0.25) is 9.69 Å². The molecule has 0 fully saturated rings. The number of likely N-dealkylation sites (N-methyl/N-ethyl adjacent to an activating group) is 1. The van der Waals surface area contributed by atoms with E-state index in [1.54, 1.807) is 19.1 Å². The number of rotatable bonds is 6. The summed E-state index contributed by atoms with van der Waals surface area (Å²) in [5, 5.41) is 9.18. The lowest BCUT2D eigenvalue weighted by molar-refractivity contribution is -0.144. The number of carbonyl (C=O) groups excluding carboxylic acids is 1. The lowest BCUT2D eigenvalue weighted by atomic mass is 10.2. The molecular formula is C13H19NO3. The predicted octanol–water partition coefficient (Wildman–Crippen LogP) is 1.78. The number of ether oxygens (including phenoxy) is 1. The Morgan fingerprint density at radius 2 is 1.94 bits per heavy atom. The topological polar surface area (TPSA) is 49.8 Å². The quantitative estimate of drug-likeness (QED) is 0.766. The molecular weight excluding hydrogens is 218 g/mol. The van der Waals surface area contributed by atoms with E-state index in [4.69, 9.17) is 4.74 Å². The van der Waals surface area contributed by atoms with Gasteiger partial charge in [-0.25, -0.2) is 0 Å². The van der Waals surface area contributed by atoms with E-state index in [0.717, 1.165) is 12.1 Å². The molecule has 0 atom stereocenters. The molecule has 4 heteroatoms. The Hall–Kier alpha value is -1.55. The summed E-state index contributed by atoms with van der Waals surface area (Å²) >= 11 is 0. The Morgan fingerprint density at radius 1 is 1.29 bits per heavy atom. The number of phenols is 1. The number of benzene rings is 1. The molecule has 0 aliphatic rings. The van der Waals surface area contributed by atoms with Crippen LogP contribution in [-0.4, -0.2) is 35.7 Å². The summed E-state index contributed by atoms with van der Waals surface area (Å²) in [4.78, 5) is 13.3. The molecule has 0 saturated heterocycles. The fourth-order valence-electron chi connectivity index (χ4n) is 1.53. The molecule has 0 saturated carbocycles. The normalized spacial score (nSPS) is 10.5. The minimum absolute atomic E-state index is 0.201. The number of phenolic OH excluding ortho intramolecular Hbond substituents is 1. The van der Waals surface area contributed by atoms with E-state index in [9.17, 15) is 9.90 Å². The average molecular weight is 237 g/mol. The molecule has 1 rings (SSSR count). The van der Waals surface area contributed by atoms with E-state index in [0.29, 0.717) is 19.7 Å². The van der Waals surface area contributed by atoms with Gasteiger partial charge in [0.2, 0.25) is 0 Å². The van der Waals surface area contributed by atoms with Gasteiger partial charge in [-0.05, 0) is 31.2 Å². The number of carbonyl (C=O) groups is 1. The van der Waals surface area contributed by atoms with E-state index in [-0.39, 0.29) is 11.7 Å². The van der Waals surface area contributed by atoms with Crippen LogP contribution in [0, 0.1) is 0 Å². The molecule has 0 aliphatic carbocycles. The standard InChI is InChI=1S/C13H19NO3/c1-3-14(10-13(16)17-4-2)9-11-5-7-12(15)8-6-11/h5-8,15H,3-4,9-10H2,1-2H3. The summed E-state index contributed by atoms with van der Waals surface area (Å²) in [6.45, 7) is 5.96. The van der Waals surface area contributed by atoms with Gasteiger partial charge in [-0.15, -0.1) is 0 Å². The zero-order valence-electron chi connectivity index (χ0n) is 10.3. The zero-order valence-corrected chi connectivity index (χ0v) is 10.3. The van der Waals surface area contributed by atoms with E-state index >= 15 is 0 Å². The van der Waals surface area contributed by atoms with Crippen LogP contribution >= 0.6 is 0 Å². The molecule has 0 amide bonds. The largest absolute Gasteiger partial charge is 0.508 e. The number of esters is 1. The summed E-state index contributed by atoms with van der Waals surface area (Å²) in [5.74, 6) is 0.0512. The van der Waals surface area contributed by atoms with Gasteiger partial charge in [0.05, 0.1) is 13.2 Å². The van der Waals surface area contributed by atoms with Crippen molar-refractivity contribution in [1.82, 2.24) is 4.90 Å². The molecule has 1 aromatic rings. The second kappa shape index (κ2) is 6.91. The lowest BCUT2D eigenvalue weighted by Crippen LogP contribution is -2.30. The van der Waals surface area contributed by atoms with Crippen molar-refractivity contribution in [3.05, 3.63) is 29.8 Å². The number of nitrogens with zero attached hydrogens (tertiary/aromatic N) is 1. The van der Waals surface area contributed by atoms with Gasteiger partial charge >= 0.3 is 5.97 Å². The van der Waals surface area contributed by atoms with Crippen LogP contribution in [0.1, 0.15) is 19.4 Å².